The third-order valence-electron chi connectivity index (χ3n) is 3.23. The molecular formula is C16H23NO2. The first-order valence-electron chi connectivity index (χ1n) is 6.86. The maximum absolute atomic E-state index is 11.4. The van der Waals surface area contributed by atoms with Crippen LogP contribution in [0.3, 0.4) is 0 Å². The van der Waals surface area contributed by atoms with Crippen LogP contribution in [0.1, 0.15) is 32.6 Å². The fourth-order valence-electron chi connectivity index (χ4n) is 2.12. The third kappa shape index (κ3) is 5.16. The number of aliphatic carboxylic acids is 1. The average Bonchev–Trinajstić information content (AvgIpc) is 2.42. The summed E-state index contributed by atoms with van der Waals surface area (Å²) in [5, 5.41) is 12.5. The molecule has 0 bridgehead atoms. The summed E-state index contributed by atoms with van der Waals surface area (Å²) in [4.78, 5) is 11.4. The number of carboxylic acid groups (broad SMARTS) is 1. The fourth-order valence-corrected chi connectivity index (χ4v) is 2.12. The average molecular weight is 261 g/mol. The van der Waals surface area contributed by atoms with Gasteiger partial charge in [0.15, 0.2) is 0 Å². The Morgan fingerprint density at radius 3 is 2.58 bits per heavy atom. The van der Waals surface area contributed by atoms with Gasteiger partial charge in [-0.25, -0.2) is 4.79 Å². The van der Waals surface area contributed by atoms with Gasteiger partial charge in [-0.1, -0.05) is 50.5 Å². The summed E-state index contributed by atoms with van der Waals surface area (Å²) in [5.74, 6) is -0.880. The van der Waals surface area contributed by atoms with Gasteiger partial charge >= 0.3 is 5.97 Å². The molecule has 0 aliphatic heterocycles. The Hall–Kier alpha value is -1.77. The minimum Gasteiger partial charge on any atom is -0.480 e. The molecule has 19 heavy (non-hydrogen) atoms. The van der Waals surface area contributed by atoms with Crippen molar-refractivity contribution in [3.8, 4) is 0 Å². The molecule has 0 unspecified atom stereocenters. The lowest BCUT2D eigenvalue weighted by Gasteiger charge is -2.23. The van der Waals surface area contributed by atoms with E-state index in [-0.39, 0.29) is 5.92 Å². The lowest BCUT2D eigenvalue weighted by Crippen LogP contribution is -2.36. The lowest BCUT2D eigenvalue weighted by atomic mass is 9.93. The number of rotatable bonds is 9. The van der Waals surface area contributed by atoms with E-state index in [0.717, 1.165) is 31.4 Å². The molecule has 0 amide bonds. The zero-order valence-corrected chi connectivity index (χ0v) is 11.5. The maximum atomic E-state index is 11.4. The summed E-state index contributed by atoms with van der Waals surface area (Å²) >= 11 is 0. The summed E-state index contributed by atoms with van der Waals surface area (Å²) in [6.07, 6.45) is 5.90. The predicted octanol–water partition coefficient (Wildman–Crippen LogP) is 3.93. The molecule has 0 fully saturated rings. The van der Waals surface area contributed by atoms with E-state index >= 15 is 0 Å². The molecule has 0 heterocycles. The van der Waals surface area contributed by atoms with Gasteiger partial charge in [-0.2, -0.15) is 0 Å². The van der Waals surface area contributed by atoms with Gasteiger partial charge in [-0.3, -0.25) is 0 Å². The molecule has 2 atom stereocenters. The first-order chi connectivity index (χ1) is 9.19. The zero-order valence-electron chi connectivity index (χ0n) is 11.5. The molecule has 3 heteroatoms. The predicted molar refractivity (Wildman–Crippen MR) is 79.3 cm³/mol. The van der Waals surface area contributed by atoms with Gasteiger partial charge in [-0.05, 0) is 18.6 Å². The van der Waals surface area contributed by atoms with Gasteiger partial charge in [0.05, 0.1) is 0 Å². The van der Waals surface area contributed by atoms with Gasteiger partial charge in [-0.15, -0.1) is 6.58 Å². The van der Waals surface area contributed by atoms with Gasteiger partial charge in [0.1, 0.15) is 6.04 Å². The summed E-state index contributed by atoms with van der Waals surface area (Å²) < 4.78 is 0. The number of benzene rings is 1. The zero-order chi connectivity index (χ0) is 14.1. The smallest absolute Gasteiger partial charge is 0.326 e. The summed E-state index contributed by atoms with van der Waals surface area (Å²) in [7, 11) is 0. The van der Waals surface area contributed by atoms with Crippen LogP contribution in [0.5, 0.6) is 0 Å². The number of carboxylic acids is 1. The van der Waals surface area contributed by atoms with Gasteiger partial charge in [0, 0.05) is 11.6 Å². The molecule has 0 spiro atoms. The Morgan fingerprint density at radius 2 is 2.05 bits per heavy atom. The standard InChI is InChI=1S/C16H23NO2/c1-3-5-7-10-13(4-2)15(16(18)19)17-14-11-8-6-9-12-14/h4,6,8-9,11-13,15,17H,2-3,5,7,10H2,1H3,(H,18,19)/t13-,15+/m0/s1. The van der Waals surface area contributed by atoms with Crippen molar-refractivity contribution in [1.82, 2.24) is 0 Å². The summed E-state index contributed by atoms with van der Waals surface area (Å²) in [6.45, 7) is 5.92. The number of carbonyl (C=O) groups is 1. The Balaban J connectivity index is 2.69. The highest BCUT2D eigenvalue weighted by molar-refractivity contribution is 5.78. The second-order valence-corrected chi connectivity index (χ2v) is 4.72. The highest BCUT2D eigenvalue weighted by Gasteiger charge is 2.25. The van der Waals surface area contributed by atoms with Crippen LogP contribution >= 0.6 is 0 Å². The van der Waals surface area contributed by atoms with Crippen LogP contribution in [-0.4, -0.2) is 17.1 Å². The quantitative estimate of drug-likeness (QED) is 0.523. The SMILES string of the molecule is C=C[C@@H](CCCCC)[C@@H](Nc1ccccc1)C(=O)O. The summed E-state index contributed by atoms with van der Waals surface area (Å²) in [6, 6.07) is 8.83. The summed E-state index contributed by atoms with van der Waals surface area (Å²) in [5.41, 5.74) is 0.831. The Bertz CT molecular complexity index is 389. The number of hydrogen-bond donors (Lipinski definition) is 2. The Labute approximate surface area is 115 Å². The van der Waals surface area contributed by atoms with Crippen molar-refractivity contribution < 1.29 is 9.90 Å². The highest BCUT2D eigenvalue weighted by atomic mass is 16.4. The van der Waals surface area contributed by atoms with Crippen LogP contribution in [0.4, 0.5) is 5.69 Å². The van der Waals surface area contributed by atoms with Crippen molar-refractivity contribution in [3.05, 3.63) is 43.0 Å². The fraction of sp³-hybridized carbons (Fsp3) is 0.438. The molecule has 0 aromatic heterocycles. The van der Waals surface area contributed by atoms with Gasteiger partial charge < -0.3 is 10.4 Å². The third-order valence-corrected chi connectivity index (χ3v) is 3.23. The van der Waals surface area contributed by atoms with Crippen LogP contribution in [0.2, 0.25) is 0 Å². The number of hydrogen-bond acceptors (Lipinski definition) is 2. The van der Waals surface area contributed by atoms with Crippen molar-refractivity contribution in [3.63, 3.8) is 0 Å². The molecule has 2 N–H and O–H groups in total. The maximum Gasteiger partial charge on any atom is 0.326 e. The second-order valence-electron chi connectivity index (χ2n) is 4.72. The van der Waals surface area contributed by atoms with E-state index in [1.165, 1.54) is 0 Å². The molecule has 1 rings (SSSR count). The molecule has 3 nitrogen and oxygen atoms in total. The number of anilines is 1. The number of para-hydroxylation sites is 1. The molecule has 0 saturated heterocycles. The van der Waals surface area contributed by atoms with Crippen molar-refractivity contribution in [2.75, 3.05) is 5.32 Å². The molecule has 0 aliphatic carbocycles. The molecule has 0 radical (unpaired) electrons. The highest BCUT2D eigenvalue weighted by Crippen LogP contribution is 2.19. The van der Waals surface area contributed by atoms with Gasteiger partial charge in [0.2, 0.25) is 0 Å². The van der Waals surface area contributed by atoms with E-state index in [1.54, 1.807) is 6.08 Å². The Kier molecular flexibility index (Phi) is 6.72. The lowest BCUT2D eigenvalue weighted by molar-refractivity contribution is -0.138. The first kappa shape index (κ1) is 15.3. The van der Waals surface area contributed by atoms with E-state index in [9.17, 15) is 9.90 Å². The van der Waals surface area contributed by atoms with E-state index in [0.29, 0.717) is 0 Å². The molecule has 1 aromatic carbocycles. The number of nitrogens with one attached hydrogen (secondary N) is 1. The minimum absolute atomic E-state index is 0.0516. The molecule has 0 saturated carbocycles. The molecular weight excluding hydrogens is 238 g/mol. The minimum atomic E-state index is -0.828. The normalized spacial score (nSPS) is 13.5. The Morgan fingerprint density at radius 1 is 1.37 bits per heavy atom. The molecule has 1 aromatic rings. The monoisotopic (exact) mass is 261 g/mol. The van der Waals surface area contributed by atoms with Crippen LogP contribution in [0.25, 0.3) is 0 Å². The molecule has 104 valence electrons. The van der Waals surface area contributed by atoms with E-state index in [2.05, 4.69) is 18.8 Å². The van der Waals surface area contributed by atoms with E-state index in [1.807, 2.05) is 30.3 Å². The van der Waals surface area contributed by atoms with Crippen LogP contribution < -0.4 is 5.32 Å². The van der Waals surface area contributed by atoms with Crippen LogP contribution in [-0.2, 0) is 4.79 Å². The van der Waals surface area contributed by atoms with E-state index < -0.39 is 12.0 Å². The largest absolute Gasteiger partial charge is 0.480 e. The van der Waals surface area contributed by atoms with E-state index in [4.69, 9.17) is 0 Å². The molecule has 0 aliphatic rings. The second kappa shape index (κ2) is 8.35. The van der Waals surface area contributed by atoms with Crippen molar-refractivity contribution in [2.45, 2.75) is 38.6 Å². The van der Waals surface area contributed by atoms with Gasteiger partial charge in [0.25, 0.3) is 0 Å². The van der Waals surface area contributed by atoms with Crippen molar-refractivity contribution in [2.24, 2.45) is 5.92 Å². The number of unbranched alkanes of at least 4 members (excludes halogenated alkanes) is 2. The van der Waals surface area contributed by atoms with Crippen molar-refractivity contribution in [1.29, 1.82) is 0 Å². The van der Waals surface area contributed by atoms with Crippen molar-refractivity contribution >= 4 is 11.7 Å². The van der Waals surface area contributed by atoms with Crippen LogP contribution in [0.15, 0.2) is 43.0 Å². The van der Waals surface area contributed by atoms with Crippen LogP contribution in [0, 0.1) is 5.92 Å². The first-order valence-corrected chi connectivity index (χ1v) is 6.86. The topological polar surface area (TPSA) is 49.3 Å².